The molecular formula is C37H47N9O3. The zero-order chi connectivity index (χ0) is 34.7. The minimum Gasteiger partial charge on any atom is -0.345 e. The van der Waals surface area contributed by atoms with Gasteiger partial charge >= 0.3 is 0 Å². The van der Waals surface area contributed by atoms with E-state index in [1.807, 2.05) is 36.4 Å². The molecule has 2 heterocycles. The summed E-state index contributed by atoms with van der Waals surface area (Å²) in [6.07, 6.45) is 8.88. The monoisotopic (exact) mass is 665 g/mol. The maximum Gasteiger partial charge on any atom is 0.253 e. The van der Waals surface area contributed by atoms with E-state index in [1.54, 1.807) is 42.9 Å². The number of fused-ring (bicyclic) bond motifs is 2. The lowest BCUT2D eigenvalue weighted by Crippen LogP contribution is -2.49. The summed E-state index contributed by atoms with van der Waals surface area (Å²) in [6.45, 7) is 0.732. The van der Waals surface area contributed by atoms with Crippen LogP contribution >= 0.6 is 0 Å². The summed E-state index contributed by atoms with van der Waals surface area (Å²) in [5.74, 6) is 0.597. The van der Waals surface area contributed by atoms with E-state index >= 15 is 0 Å². The molecule has 2 aliphatic carbocycles. The third-order valence-electron chi connectivity index (χ3n) is 10.8. The lowest BCUT2D eigenvalue weighted by atomic mass is 9.65. The molecule has 1 unspecified atom stereocenters. The number of aromatic amines is 1. The number of hydrogen-bond donors (Lipinski definition) is 2. The number of nitrogens with zero attached hydrogens (tertiary/aromatic N) is 7. The Bertz CT molecular complexity index is 1650. The summed E-state index contributed by atoms with van der Waals surface area (Å²) in [4.78, 5) is 44.8. The fraction of sp³-hybridized carbons (Fsp3) is 0.541. The van der Waals surface area contributed by atoms with E-state index in [-0.39, 0.29) is 36.3 Å². The Kier molecular flexibility index (Phi) is 10.1. The van der Waals surface area contributed by atoms with Crippen LogP contribution in [0.25, 0.3) is 0 Å². The van der Waals surface area contributed by atoms with Gasteiger partial charge in [-0.3, -0.25) is 14.4 Å². The molecule has 1 aliphatic heterocycles. The predicted molar refractivity (Wildman–Crippen MR) is 184 cm³/mol. The van der Waals surface area contributed by atoms with Gasteiger partial charge in [-0.1, -0.05) is 36.6 Å². The van der Waals surface area contributed by atoms with Crippen molar-refractivity contribution in [3.63, 3.8) is 0 Å². The third-order valence-corrected chi connectivity index (χ3v) is 10.8. The largest absolute Gasteiger partial charge is 0.345 e. The van der Waals surface area contributed by atoms with Crippen molar-refractivity contribution in [2.45, 2.75) is 81.7 Å². The molecule has 2 fully saturated rings. The van der Waals surface area contributed by atoms with E-state index in [2.05, 4.69) is 32.0 Å². The molecule has 1 saturated carbocycles. The highest BCUT2D eigenvalue weighted by molar-refractivity contribution is 5.95. The second-order valence-electron chi connectivity index (χ2n) is 14.2. The van der Waals surface area contributed by atoms with Crippen molar-refractivity contribution in [2.75, 3.05) is 41.3 Å². The van der Waals surface area contributed by atoms with Gasteiger partial charge in [0.25, 0.3) is 11.8 Å². The molecule has 258 valence electrons. The first-order valence-electron chi connectivity index (χ1n) is 17.5. The summed E-state index contributed by atoms with van der Waals surface area (Å²) in [5.41, 5.74) is 4.31. The highest BCUT2D eigenvalue weighted by Crippen LogP contribution is 2.48. The molecule has 3 aliphatic rings. The van der Waals surface area contributed by atoms with Gasteiger partial charge in [0.1, 0.15) is 6.04 Å². The SMILES string of the molecule is CN(C)C(=O)c1ccc2c(c1)CCc1cc(C(=O)N(C)C)ccc1C2(C[C@H](NCC(=O)N1CCCC1C#N)C1CCCCC1)c1nn[nH]n1. The van der Waals surface area contributed by atoms with E-state index in [0.29, 0.717) is 55.1 Å². The van der Waals surface area contributed by atoms with Gasteiger partial charge in [-0.2, -0.15) is 10.5 Å². The Morgan fingerprint density at radius 1 is 0.939 bits per heavy atom. The van der Waals surface area contributed by atoms with E-state index in [1.165, 1.54) is 6.42 Å². The van der Waals surface area contributed by atoms with Crippen molar-refractivity contribution in [2.24, 2.45) is 5.92 Å². The minimum absolute atomic E-state index is 0.0567. The summed E-state index contributed by atoms with van der Waals surface area (Å²) in [6, 6.07) is 13.7. The van der Waals surface area contributed by atoms with Gasteiger partial charge in [-0.15, -0.1) is 10.2 Å². The molecule has 1 saturated heterocycles. The Morgan fingerprint density at radius 2 is 1.55 bits per heavy atom. The Balaban J connectivity index is 1.50. The van der Waals surface area contributed by atoms with Crippen LogP contribution < -0.4 is 5.32 Å². The molecule has 1 aromatic heterocycles. The molecule has 49 heavy (non-hydrogen) atoms. The Hall–Kier alpha value is -4.63. The van der Waals surface area contributed by atoms with Crippen LogP contribution in [-0.2, 0) is 23.1 Å². The molecule has 0 spiro atoms. The average molecular weight is 666 g/mol. The van der Waals surface area contributed by atoms with Crippen molar-refractivity contribution in [3.05, 3.63) is 75.6 Å². The number of tetrazole rings is 1. The van der Waals surface area contributed by atoms with Crippen LogP contribution in [-0.4, -0.2) is 106 Å². The van der Waals surface area contributed by atoms with Crippen molar-refractivity contribution in [3.8, 4) is 6.07 Å². The molecule has 2 aromatic carbocycles. The molecule has 12 nitrogen and oxygen atoms in total. The molecule has 6 rings (SSSR count). The number of carbonyl (C=O) groups is 3. The first-order valence-corrected chi connectivity index (χ1v) is 17.5. The quantitative estimate of drug-likeness (QED) is 0.353. The summed E-state index contributed by atoms with van der Waals surface area (Å²) in [7, 11) is 7.00. The van der Waals surface area contributed by atoms with Crippen molar-refractivity contribution in [1.82, 2.24) is 40.6 Å². The molecular weight excluding hydrogens is 618 g/mol. The van der Waals surface area contributed by atoms with Crippen LogP contribution in [0.1, 0.15) is 100 Å². The van der Waals surface area contributed by atoms with Gasteiger partial charge in [0.15, 0.2) is 5.82 Å². The third kappa shape index (κ3) is 6.69. The zero-order valence-corrected chi connectivity index (χ0v) is 29.0. The molecule has 12 heteroatoms. The average Bonchev–Trinajstić information content (AvgIpc) is 3.82. The predicted octanol–water partition coefficient (Wildman–Crippen LogP) is 3.48. The highest BCUT2D eigenvalue weighted by atomic mass is 16.2. The first kappa shape index (κ1) is 34.2. The molecule has 3 amide bonds. The van der Waals surface area contributed by atoms with Gasteiger partial charge in [0.2, 0.25) is 5.91 Å². The number of aryl methyl sites for hydroxylation is 2. The van der Waals surface area contributed by atoms with Gasteiger partial charge in [0, 0.05) is 51.9 Å². The highest BCUT2D eigenvalue weighted by Gasteiger charge is 2.47. The molecule has 0 radical (unpaired) electrons. The summed E-state index contributed by atoms with van der Waals surface area (Å²) >= 11 is 0. The topological polar surface area (TPSA) is 151 Å². The van der Waals surface area contributed by atoms with Crippen LogP contribution in [0.3, 0.4) is 0 Å². The van der Waals surface area contributed by atoms with Gasteiger partial charge in [-0.05, 0) is 97.4 Å². The van der Waals surface area contributed by atoms with Crippen LogP contribution in [0.2, 0.25) is 0 Å². The maximum absolute atomic E-state index is 13.6. The Labute approximate surface area is 288 Å². The number of rotatable bonds is 9. The maximum atomic E-state index is 13.6. The van der Waals surface area contributed by atoms with Gasteiger partial charge < -0.3 is 20.0 Å². The number of likely N-dealkylation sites (tertiary alicyclic amines) is 1. The minimum atomic E-state index is -0.908. The van der Waals surface area contributed by atoms with Crippen molar-refractivity contribution >= 4 is 17.7 Å². The molecule has 0 bridgehead atoms. The van der Waals surface area contributed by atoms with Crippen molar-refractivity contribution < 1.29 is 14.4 Å². The number of nitriles is 1. The number of aromatic nitrogens is 4. The zero-order valence-electron chi connectivity index (χ0n) is 29.0. The number of nitrogens with one attached hydrogen (secondary N) is 2. The van der Waals surface area contributed by atoms with Crippen LogP contribution in [0.5, 0.6) is 0 Å². The molecule has 2 N–H and O–H groups in total. The summed E-state index contributed by atoms with van der Waals surface area (Å²) < 4.78 is 0. The fourth-order valence-corrected chi connectivity index (χ4v) is 8.32. The number of carbonyl (C=O) groups excluding carboxylic acids is 3. The number of hydrogen-bond acceptors (Lipinski definition) is 8. The van der Waals surface area contributed by atoms with Crippen LogP contribution in [0, 0.1) is 17.2 Å². The van der Waals surface area contributed by atoms with Crippen LogP contribution in [0.4, 0.5) is 0 Å². The smallest absolute Gasteiger partial charge is 0.253 e. The number of amides is 3. The number of benzene rings is 2. The van der Waals surface area contributed by atoms with Gasteiger partial charge in [0.05, 0.1) is 18.0 Å². The fourth-order valence-electron chi connectivity index (χ4n) is 8.32. The first-order chi connectivity index (χ1) is 23.6. The standard InChI is InChI=1S/C37H47N9O3/c1-44(2)34(48)27-14-16-30-25(19-27)12-13-26-20-28(35(49)45(3)4)15-17-31(26)37(30,36-40-42-43-41-36)21-32(24-9-6-5-7-10-24)39-23-33(47)46-18-8-11-29(46)22-38/h14-17,19-20,24,29,32,39H,5-13,18,21,23H2,1-4H3,(H,40,41,42,43)/t29?,32-/m0/s1. The van der Waals surface area contributed by atoms with E-state index in [0.717, 1.165) is 54.4 Å². The Morgan fingerprint density at radius 3 is 2.08 bits per heavy atom. The van der Waals surface area contributed by atoms with Gasteiger partial charge in [-0.25, -0.2) is 0 Å². The van der Waals surface area contributed by atoms with Crippen molar-refractivity contribution in [1.29, 1.82) is 5.26 Å². The second-order valence-corrected chi connectivity index (χ2v) is 14.2. The van der Waals surface area contributed by atoms with E-state index in [4.69, 9.17) is 0 Å². The second kappa shape index (κ2) is 14.5. The lowest BCUT2D eigenvalue weighted by molar-refractivity contribution is -0.130. The van der Waals surface area contributed by atoms with E-state index < -0.39 is 5.41 Å². The number of H-pyrrole nitrogens is 1. The normalized spacial score (nSPS) is 19.2. The summed E-state index contributed by atoms with van der Waals surface area (Å²) in [5, 5.41) is 29.5. The lowest BCUT2D eigenvalue weighted by Gasteiger charge is -2.40. The molecule has 3 aromatic rings. The molecule has 2 atom stereocenters. The van der Waals surface area contributed by atoms with E-state index in [9.17, 15) is 19.6 Å². The van der Waals surface area contributed by atoms with Crippen LogP contribution in [0.15, 0.2) is 36.4 Å².